The number of nitrogens with zero attached hydrogens (tertiary/aromatic N) is 1. The lowest BCUT2D eigenvalue weighted by Crippen LogP contribution is -2.22. The molecule has 4 nitrogen and oxygen atoms in total. The Kier molecular flexibility index (Phi) is 7.44. The zero-order chi connectivity index (χ0) is 20.7. The second-order valence-electron chi connectivity index (χ2n) is 6.78. The molecule has 0 aliphatic carbocycles. The van der Waals surface area contributed by atoms with E-state index in [0.717, 1.165) is 40.2 Å². The fourth-order valence-electron chi connectivity index (χ4n) is 3.41. The maximum atomic E-state index is 11.8. The Morgan fingerprint density at radius 1 is 0.929 bits per heavy atom. The SMILES string of the molecule is CCC(C(CC)=C(C(=O)O)N(C)C)=C(C)c1cccc(Oc2ccccc2)c1. The third kappa shape index (κ3) is 5.03. The number of carboxylic acid groups (broad SMARTS) is 1. The van der Waals surface area contributed by atoms with Crippen LogP contribution in [0.1, 0.15) is 39.2 Å². The summed E-state index contributed by atoms with van der Waals surface area (Å²) in [4.78, 5) is 13.5. The molecule has 0 aromatic heterocycles. The van der Waals surface area contributed by atoms with E-state index in [0.29, 0.717) is 12.1 Å². The normalized spacial score (nSPS) is 12.8. The summed E-state index contributed by atoms with van der Waals surface area (Å²) < 4.78 is 5.96. The van der Waals surface area contributed by atoms with Gasteiger partial charge in [-0.25, -0.2) is 4.79 Å². The van der Waals surface area contributed by atoms with Crippen molar-refractivity contribution >= 4 is 11.5 Å². The third-order valence-electron chi connectivity index (χ3n) is 4.71. The molecule has 0 saturated heterocycles. The molecule has 4 heteroatoms. The molecular formula is C24H29NO3. The van der Waals surface area contributed by atoms with E-state index in [1.807, 2.05) is 68.4 Å². The second-order valence-corrected chi connectivity index (χ2v) is 6.78. The third-order valence-corrected chi connectivity index (χ3v) is 4.71. The van der Waals surface area contributed by atoms with Gasteiger partial charge in [0.05, 0.1) is 0 Å². The van der Waals surface area contributed by atoms with Gasteiger partial charge >= 0.3 is 5.97 Å². The van der Waals surface area contributed by atoms with Gasteiger partial charge in [-0.2, -0.15) is 0 Å². The maximum Gasteiger partial charge on any atom is 0.352 e. The van der Waals surface area contributed by atoms with E-state index in [9.17, 15) is 9.90 Å². The Balaban J connectivity index is 2.52. The first-order chi connectivity index (χ1) is 13.4. The number of ether oxygens (including phenoxy) is 1. The van der Waals surface area contributed by atoms with Gasteiger partial charge in [-0.3, -0.25) is 0 Å². The molecule has 0 amide bonds. The number of allylic oxidation sites excluding steroid dienone is 3. The Morgan fingerprint density at radius 2 is 1.54 bits per heavy atom. The van der Waals surface area contributed by atoms with Gasteiger partial charge in [0, 0.05) is 14.1 Å². The molecule has 1 N–H and O–H groups in total. The smallest absolute Gasteiger partial charge is 0.352 e. The lowest BCUT2D eigenvalue weighted by Gasteiger charge is -2.22. The molecule has 28 heavy (non-hydrogen) atoms. The van der Waals surface area contributed by atoms with E-state index in [1.54, 1.807) is 19.0 Å². The van der Waals surface area contributed by atoms with Crippen molar-refractivity contribution in [2.75, 3.05) is 14.1 Å². The molecule has 0 fully saturated rings. The fraction of sp³-hybridized carbons (Fsp3) is 0.292. The lowest BCUT2D eigenvalue weighted by atomic mass is 9.90. The van der Waals surface area contributed by atoms with Crippen LogP contribution in [0.25, 0.3) is 5.57 Å². The molecule has 2 aromatic rings. The van der Waals surface area contributed by atoms with Crippen molar-refractivity contribution in [3.8, 4) is 11.5 Å². The number of carbonyl (C=O) groups is 1. The largest absolute Gasteiger partial charge is 0.477 e. The van der Waals surface area contributed by atoms with Crippen LogP contribution in [0.3, 0.4) is 0 Å². The van der Waals surface area contributed by atoms with Gasteiger partial charge in [0.1, 0.15) is 17.2 Å². The molecule has 0 radical (unpaired) electrons. The second kappa shape index (κ2) is 9.79. The highest BCUT2D eigenvalue weighted by Crippen LogP contribution is 2.32. The van der Waals surface area contributed by atoms with Gasteiger partial charge in [0.2, 0.25) is 0 Å². The first-order valence-electron chi connectivity index (χ1n) is 9.56. The predicted molar refractivity (Wildman–Crippen MR) is 114 cm³/mol. The van der Waals surface area contributed by atoms with Crippen molar-refractivity contribution in [3.63, 3.8) is 0 Å². The van der Waals surface area contributed by atoms with Crippen LogP contribution in [-0.4, -0.2) is 30.1 Å². The zero-order valence-corrected chi connectivity index (χ0v) is 17.3. The van der Waals surface area contributed by atoms with E-state index in [1.165, 1.54) is 0 Å². The number of aliphatic carboxylic acids is 1. The molecule has 0 aliphatic rings. The highest BCUT2D eigenvalue weighted by atomic mass is 16.5. The van der Waals surface area contributed by atoms with Crippen LogP contribution in [-0.2, 0) is 4.79 Å². The number of hydrogen-bond donors (Lipinski definition) is 1. The molecule has 0 saturated carbocycles. The fourth-order valence-corrected chi connectivity index (χ4v) is 3.41. The molecule has 2 aromatic carbocycles. The van der Waals surface area contributed by atoms with Crippen molar-refractivity contribution in [1.82, 2.24) is 4.90 Å². The van der Waals surface area contributed by atoms with E-state index in [2.05, 4.69) is 6.92 Å². The zero-order valence-electron chi connectivity index (χ0n) is 17.3. The highest BCUT2D eigenvalue weighted by molar-refractivity contribution is 5.89. The van der Waals surface area contributed by atoms with Gasteiger partial charge < -0.3 is 14.7 Å². The summed E-state index contributed by atoms with van der Waals surface area (Å²) in [6.07, 6.45) is 1.41. The van der Waals surface area contributed by atoms with Crippen LogP contribution in [0.15, 0.2) is 71.4 Å². The highest BCUT2D eigenvalue weighted by Gasteiger charge is 2.19. The summed E-state index contributed by atoms with van der Waals surface area (Å²) in [5.41, 5.74) is 4.37. The van der Waals surface area contributed by atoms with Crippen molar-refractivity contribution in [2.45, 2.75) is 33.6 Å². The standard InChI is InChI=1S/C24H29NO3/c1-6-21(22(7-2)23(24(26)27)25(4)5)17(3)18-12-11-15-20(16-18)28-19-13-9-8-10-14-19/h8-16H,6-7H2,1-5H3,(H,26,27). The Hall–Kier alpha value is -3.01. The van der Waals surface area contributed by atoms with Crippen LogP contribution >= 0.6 is 0 Å². The molecule has 0 bridgehead atoms. The number of para-hydroxylation sites is 1. The van der Waals surface area contributed by atoms with Crippen molar-refractivity contribution in [1.29, 1.82) is 0 Å². The number of carboxylic acids is 1. The summed E-state index contributed by atoms with van der Waals surface area (Å²) in [5.74, 6) is 0.639. The van der Waals surface area contributed by atoms with Crippen LogP contribution in [0.2, 0.25) is 0 Å². The first kappa shape index (κ1) is 21.3. The van der Waals surface area contributed by atoms with Gasteiger partial charge in [0.15, 0.2) is 0 Å². The number of likely N-dealkylation sites (N-methyl/N-ethyl adjacent to an activating group) is 1. The Morgan fingerprint density at radius 3 is 2.07 bits per heavy atom. The predicted octanol–water partition coefficient (Wildman–Crippen LogP) is 5.97. The van der Waals surface area contributed by atoms with E-state index >= 15 is 0 Å². The summed E-state index contributed by atoms with van der Waals surface area (Å²) in [6, 6.07) is 17.6. The van der Waals surface area contributed by atoms with Crippen LogP contribution in [0.5, 0.6) is 11.5 Å². The molecular weight excluding hydrogens is 350 g/mol. The number of benzene rings is 2. The van der Waals surface area contributed by atoms with Crippen molar-refractivity contribution in [2.24, 2.45) is 0 Å². The minimum atomic E-state index is -0.901. The molecule has 0 spiro atoms. The topological polar surface area (TPSA) is 49.8 Å². The summed E-state index contributed by atoms with van der Waals surface area (Å²) >= 11 is 0. The van der Waals surface area contributed by atoms with Crippen molar-refractivity contribution in [3.05, 3.63) is 77.0 Å². The molecule has 0 aliphatic heterocycles. The van der Waals surface area contributed by atoms with Gasteiger partial charge in [0.25, 0.3) is 0 Å². The van der Waals surface area contributed by atoms with Crippen molar-refractivity contribution < 1.29 is 14.6 Å². The lowest BCUT2D eigenvalue weighted by molar-refractivity contribution is -0.134. The minimum absolute atomic E-state index is 0.343. The summed E-state index contributed by atoms with van der Waals surface area (Å²) in [6.45, 7) is 6.11. The first-order valence-corrected chi connectivity index (χ1v) is 9.56. The molecule has 0 unspecified atom stereocenters. The summed E-state index contributed by atoms with van der Waals surface area (Å²) in [7, 11) is 3.55. The molecule has 0 atom stereocenters. The molecule has 0 heterocycles. The summed E-state index contributed by atoms with van der Waals surface area (Å²) in [5, 5.41) is 9.71. The van der Waals surface area contributed by atoms with E-state index in [-0.39, 0.29) is 0 Å². The maximum absolute atomic E-state index is 11.8. The van der Waals surface area contributed by atoms with Crippen LogP contribution < -0.4 is 4.74 Å². The average molecular weight is 380 g/mol. The van der Waals surface area contributed by atoms with Gasteiger partial charge in [-0.05, 0) is 66.3 Å². The molecule has 148 valence electrons. The Labute approximate surface area is 167 Å². The van der Waals surface area contributed by atoms with E-state index in [4.69, 9.17) is 4.74 Å². The number of rotatable bonds is 8. The minimum Gasteiger partial charge on any atom is -0.477 e. The van der Waals surface area contributed by atoms with E-state index < -0.39 is 5.97 Å². The Bertz CT molecular complexity index is 880. The quantitative estimate of drug-likeness (QED) is 0.453. The van der Waals surface area contributed by atoms with Gasteiger partial charge in [-0.1, -0.05) is 44.2 Å². The van der Waals surface area contributed by atoms with Gasteiger partial charge in [-0.15, -0.1) is 0 Å². The number of hydrogen-bond acceptors (Lipinski definition) is 3. The van der Waals surface area contributed by atoms with Crippen LogP contribution in [0, 0.1) is 0 Å². The monoisotopic (exact) mass is 379 g/mol. The average Bonchev–Trinajstić information content (AvgIpc) is 2.67. The molecule has 2 rings (SSSR count). The van der Waals surface area contributed by atoms with Crippen LogP contribution in [0.4, 0.5) is 0 Å².